The molecule has 0 fully saturated rings. The second kappa shape index (κ2) is 9.16. The van der Waals surface area contributed by atoms with E-state index in [2.05, 4.69) is 20.6 Å². The molecule has 3 aromatic carbocycles. The summed E-state index contributed by atoms with van der Waals surface area (Å²) >= 11 is 0. The van der Waals surface area contributed by atoms with Gasteiger partial charge in [0.05, 0.1) is 23.3 Å². The third-order valence-electron chi connectivity index (χ3n) is 5.63. The summed E-state index contributed by atoms with van der Waals surface area (Å²) in [6.45, 7) is 0.434. The number of benzene rings is 3. The molecule has 2 amide bonds. The smallest absolute Gasteiger partial charge is 0.224 e. The van der Waals surface area contributed by atoms with Crippen molar-refractivity contribution >= 4 is 34.2 Å². The minimum absolute atomic E-state index is 0.0454. The third kappa shape index (κ3) is 4.72. The van der Waals surface area contributed by atoms with Crippen LogP contribution in [-0.4, -0.2) is 28.4 Å². The largest absolute Gasteiger partial charge is 0.494 e. The van der Waals surface area contributed by atoms with Crippen LogP contribution in [0.1, 0.15) is 24.8 Å². The highest BCUT2D eigenvalue weighted by Crippen LogP contribution is 2.28. The van der Waals surface area contributed by atoms with Crippen molar-refractivity contribution in [1.82, 2.24) is 9.97 Å². The van der Waals surface area contributed by atoms with Crippen molar-refractivity contribution in [2.45, 2.75) is 25.7 Å². The van der Waals surface area contributed by atoms with Crippen LogP contribution in [0.15, 0.2) is 66.7 Å². The quantitative estimate of drug-likeness (QED) is 0.356. The number of carbonyl (C=O) groups excluding carboxylic acids is 2. The van der Waals surface area contributed by atoms with Gasteiger partial charge in [0.25, 0.3) is 0 Å². The Bertz CT molecular complexity index is 1300. The molecule has 1 aromatic heterocycles. The molecule has 0 saturated carbocycles. The number of aromatic nitrogens is 2. The first-order chi connectivity index (χ1) is 16.2. The summed E-state index contributed by atoms with van der Waals surface area (Å²) in [7, 11) is 0. The summed E-state index contributed by atoms with van der Waals surface area (Å²) in [4.78, 5) is 32.0. The Morgan fingerprint density at radius 1 is 1.03 bits per heavy atom. The van der Waals surface area contributed by atoms with Crippen LogP contribution in [0.4, 0.5) is 11.4 Å². The van der Waals surface area contributed by atoms with Crippen LogP contribution < -0.4 is 15.4 Å². The topological polar surface area (TPSA) is 96.1 Å². The van der Waals surface area contributed by atoms with E-state index in [9.17, 15) is 9.59 Å². The lowest BCUT2D eigenvalue weighted by molar-refractivity contribution is -0.117. The van der Waals surface area contributed by atoms with Crippen molar-refractivity contribution in [3.8, 4) is 17.1 Å². The van der Waals surface area contributed by atoms with Crippen LogP contribution >= 0.6 is 0 Å². The van der Waals surface area contributed by atoms with Gasteiger partial charge in [-0.05, 0) is 60.9 Å². The van der Waals surface area contributed by atoms with E-state index >= 15 is 0 Å². The van der Waals surface area contributed by atoms with Crippen LogP contribution in [0.5, 0.6) is 5.75 Å². The first-order valence-corrected chi connectivity index (χ1v) is 11.1. The number of amides is 2. The zero-order valence-electron chi connectivity index (χ0n) is 18.1. The predicted octanol–water partition coefficient (Wildman–Crippen LogP) is 4.91. The molecule has 166 valence electrons. The zero-order chi connectivity index (χ0) is 22.6. The van der Waals surface area contributed by atoms with Crippen LogP contribution in [0, 0.1) is 0 Å². The Morgan fingerprint density at radius 3 is 2.79 bits per heavy atom. The maximum absolute atomic E-state index is 12.6. The van der Waals surface area contributed by atoms with Crippen LogP contribution in [-0.2, 0) is 16.0 Å². The molecule has 2 heterocycles. The van der Waals surface area contributed by atoms with E-state index in [1.165, 1.54) is 0 Å². The summed E-state index contributed by atoms with van der Waals surface area (Å²) in [5, 5.41) is 5.86. The average Bonchev–Trinajstić information content (AvgIpc) is 3.26. The molecule has 4 aromatic rings. The number of para-hydroxylation sites is 3. The number of ether oxygens (including phenoxy) is 1. The van der Waals surface area contributed by atoms with E-state index < -0.39 is 0 Å². The van der Waals surface area contributed by atoms with Crippen LogP contribution in [0.2, 0.25) is 0 Å². The van der Waals surface area contributed by atoms with E-state index in [4.69, 9.17) is 4.74 Å². The highest BCUT2D eigenvalue weighted by molar-refractivity contribution is 5.95. The number of aromatic amines is 1. The molecular weight excluding hydrogens is 416 g/mol. The number of carbonyl (C=O) groups is 2. The van der Waals surface area contributed by atoms with Gasteiger partial charge in [0.1, 0.15) is 11.6 Å². The number of nitrogens with one attached hydrogen (secondary N) is 3. The van der Waals surface area contributed by atoms with Gasteiger partial charge in [-0.15, -0.1) is 0 Å². The Morgan fingerprint density at radius 2 is 1.88 bits per heavy atom. The fraction of sp³-hybridized carbons (Fsp3) is 0.192. The number of nitrogens with zero attached hydrogens (tertiary/aromatic N) is 1. The van der Waals surface area contributed by atoms with Gasteiger partial charge in [-0.3, -0.25) is 9.59 Å². The molecule has 0 bridgehead atoms. The minimum atomic E-state index is -0.0738. The molecule has 0 saturated heterocycles. The summed E-state index contributed by atoms with van der Waals surface area (Å²) in [6.07, 6.45) is 2.14. The van der Waals surface area contributed by atoms with Gasteiger partial charge in [0, 0.05) is 24.1 Å². The molecule has 0 spiro atoms. The molecule has 0 atom stereocenters. The standard InChI is InChI=1S/C26H24N4O3/c31-24(10-5-15-33-18-12-13-20-17(16-18)11-14-25(32)27-20)28-21-7-2-1-6-19(21)26-29-22-8-3-4-9-23(22)30-26/h1-4,6-9,12-13,16H,5,10-11,14-15H2,(H,27,32)(H,28,31)(H,29,30). The molecule has 7 nitrogen and oxygen atoms in total. The first kappa shape index (κ1) is 20.8. The lowest BCUT2D eigenvalue weighted by Crippen LogP contribution is -2.18. The first-order valence-electron chi connectivity index (χ1n) is 11.1. The van der Waals surface area contributed by atoms with Crippen molar-refractivity contribution in [2.24, 2.45) is 0 Å². The number of rotatable bonds is 7. The highest BCUT2D eigenvalue weighted by Gasteiger charge is 2.15. The van der Waals surface area contributed by atoms with Gasteiger partial charge in [-0.25, -0.2) is 4.98 Å². The third-order valence-corrected chi connectivity index (χ3v) is 5.63. The second-order valence-corrected chi connectivity index (χ2v) is 8.02. The lowest BCUT2D eigenvalue weighted by atomic mass is 10.0. The maximum atomic E-state index is 12.6. The Hall–Kier alpha value is -4.13. The molecule has 33 heavy (non-hydrogen) atoms. The monoisotopic (exact) mass is 440 g/mol. The highest BCUT2D eigenvalue weighted by atomic mass is 16.5. The molecule has 5 rings (SSSR count). The van der Waals surface area contributed by atoms with E-state index in [0.29, 0.717) is 32.3 Å². The van der Waals surface area contributed by atoms with Crippen molar-refractivity contribution in [3.05, 3.63) is 72.3 Å². The van der Waals surface area contributed by atoms with Gasteiger partial charge >= 0.3 is 0 Å². The van der Waals surface area contributed by atoms with Gasteiger partial charge in [0.2, 0.25) is 11.8 Å². The fourth-order valence-electron chi connectivity index (χ4n) is 3.96. The second-order valence-electron chi connectivity index (χ2n) is 8.02. The van der Waals surface area contributed by atoms with E-state index in [1.54, 1.807) is 0 Å². The number of hydrogen-bond acceptors (Lipinski definition) is 4. The molecular formula is C26H24N4O3. The number of anilines is 2. The van der Waals surface area contributed by atoms with Crippen molar-refractivity contribution < 1.29 is 14.3 Å². The summed E-state index contributed by atoms with van der Waals surface area (Å²) < 4.78 is 5.82. The van der Waals surface area contributed by atoms with Gasteiger partial charge in [-0.1, -0.05) is 24.3 Å². The number of fused-ring (bicyclic) bond motifs is 2. The Kier molecular flexibility index (Phi) is 5.76. The number of H-pyrrole nitrogens is 1. The van der Waals surface area contributed by atoms with Gasteiger partial charge < -0.3 is 20.4 Å². The number of imidazole rings is 1. The Labute approximate surface area is 191 Å². The number of aryl methyl sites for hydroxylation is 1. The molecule has 7 heteroatoms. The molecule has 0 unspecified atom stereocenters. The minimum Gasteiger partial charge on any atom is -0.494 e. The van der Waals surface area contributed by atoms with E-state index in [0.717, 1.165) is 45.1 Å². The molecule has 0 radical (unpaired) electrons. The van der Waals surface area contributed by atoms with E-state index in [-0.39, 0.29) is 11.8 Å². The number of hydrogen-bond donors (Lipinski definition) is 3. The van der Waals surface area contributed by atoms with E-state index in [1.807, 2.05) is 66.7 Å². The zero-order valence-corrected chi connectivity index (χ0v) is 18.1. The molecule has 0 aliphatic carbocycles. The van der Waals surface area contributed by atoms with Crippen molar-refractivity contribution in [1.29, 1.82) is 0 Å². The van der Waals surface area contributed by atoms with Crippen molar-refractivity contribution in [2.75, 3.05) is 17.2 Å². The summed E-state index contributed by atoms with van der Waals surface area (Å²) in [6, 6.07) is 21.1. The Balaban J connectivity index is 1.16. The normalized spacial score (nSPS) is 12.8. The molecule has 3 N–H and O–H groups in total. The maximum Gasteiger partial charge on any atom is 0.224 e. The van der Waals surface area contributed by atoms with Crippen molar-refractivity contribution in [3.63, 3.8) is 0 Å². The summed E-state index contributed by atoms with van der Waals surface area (Å²) in [5.74, 6) is 1.44. The SMILES string of the molecule is O=C1CCc2cc(OCCCC(=O)Nc3ccccc3-c3nc4ccccc4[nH]3)ccc2N1. The van der Waals surface area contributed by atoms with Gasteiger partial charge in [0.15, 0.2) is 0 Å². The predicted molar refractivity (Wildman–Crippen MR) is 128 cm³/mol. The fourth-order valence-corrected chi connectivity index (χ4v) is 3.96. The lowest BCUT2D eigenvalue weighted by Gasteiger charge is -2.17. The molecule has 1 aliphatic heterocycles. The molecule has 1 aliphatic rings. The van der Waals surface area contributed by atoms with Crippen LogP contribution in [0.25, 0.3) is 22.4 Å². The van der Waals surface area contributed by atoms with Gasteiger partial charge in [-0.2, -0.15) is 0 Å². The average molecular weight is 441 g/mol. The summed E-state index contributed by atoms with van der Waals surface area (Å²) in [5.41, 5.74) is 5.33. The van der Waals surface area contributed by atoms with Crippen LogP contribution in [0.3, 0.4) is 0 Å².